The highest BCUT2D eigenvalue weighted by Crippen LogP contribution is 2.34. The van der Waals surface area contributed by atoms with Crippen molar-refractivity contribution in [2.24, 2.45) is 0 Å². The van der Waals surface area contributed by atoms with E-state index in [0.717, 1.165) is 56.2 Å². The summed E-state index contributed by atoms with van der Waals surface area (Å²) in [6, 6.07) is 19.5. The summed E-state index contributed by atoms with van der Waals surface area (Å²) < 4.78 is 13.7. The zero-order valence-corrected chi connectivity index (χ0v) is 21.3. The lowest BCUT2D eigenvalue weighted by molar-refractivity contribution is 0.657. The van der Waals surface area contributed by atoms with E-state index in [1.165, 1.54) is 11.6 Å². The van der Waals surface area contributed by atoms with Crippen molar-refractivity contribution in [1.82, 2.24) is 40.4 Å². The Morgan fingerprint density at radius 2 is 1.67 bits per heavy atom. The molecule has 0 aliphatic rings. The van der Waals surface area contributed by atoms with Crippen molar-refractivity contribution in [3.8, 4) is 33.2 Å². The highest BCUT2D eigenvalue weighted by Gasteiger charge is 2.18. The second kappa shape index (κ2) is 9.82. The number of nitrogens with one attached hydrogen (secondary N) is 3. The maximum atomic E-state index is 13.7. The summed E-state index contributed by atoms with van der Waals surface area (Å²) in [4.78, 5) is 22.6. The molecule has 0 amide bonds. The fourth-order valence-corrected chi connectivity index (χ4v) is 5.32. The number of halogens is 1. The van der Waals surface area contributed by atoms with Crippen LogP contribution in [0.15, 0.2) is 85.5 Å². The van der Waals surface area contributed by atoms with Crippen LogP contribution in [0.3, 0.4) is 0 Å². The second-order valence-corrected chi connectivity index (χ2v) is 10.1. The fourth-order valence-electron chi connectivity index (χ4n) is 4.58. The molecule has 0 aliphatic carbocycles. The minimum atomic E-state index is -0.252. The van der Waals surface area contributed by atoms with Gasteiger partial charge in [0.15, 0.2) is 16.6 Å². The van der Waals surface area contributed by atoms with Crippen LogP contribution in [-0.2, 0) is 13.1 Å². The Labute approximate surface area is 226 Å². The van der Waals surface area contributed by atoms with Gasteiger partial charge in [0.05, 0.1) is 22.9 Å². The van der Waals surface area contributed by atoms with Gasteiger partial charge >= 0.3 is 0 Å². The molecule has 0 spiro atoms. The average molecular weight is 533 g/mol. The summed E-state index contributed by atoms with van der Waals surface area (Å²) in [6.45, 7) is 1.47. The molecule has 0 unspecified atom stereocenters. The van der Waals surface area contributed by atoms with Crippen LogP contribution in [0.4, 0.5) is 4.39 Å². The number of aromatic nitrogens is 7. The molecular weight excluding hydrogens is 511 g/mol. The van der Waals surface area contributed by atoms with E-state index < -0.39 is 0 Å². The van der Waals surface area contributed by atoms with Crippen LogP contribution in [0.25, 0.3) is 55.3 Å². The van der Waals surface area contributed by atoms with E-state index in [9.17, 15) is 4.39 Å². The van der Waals surface area contributed by atoms with E-state index in [4.69, 9.17) is 9.97 Å². The molecule has 10 heteroatoms. The van der Waals surface area contributed by atoms with Gasteiger partial charge in [-0.05, 0) is 41.5 Å². The Balaban J connectivity index is 1.20. The molecule has 0 saturated heterocycles. The van der Waals surface area contributed by atoms with E-state index >= 15 is 0 Å². The van der Waals surface area contributed by atoms with Crippen molar-refractivity contribution in [1.29, 1.82) is 0 Å². The van der Waals surface area contributed by atoms with E-state index in [1.54, 1.807) is 18.5 Å². The van der Waals surface area contributed by atoms with Crippen molar-refractivity contribution in [2.75, 3.05) is 0 Å². The maximum Gasteiger partial charge on any atom is 0.176 e. The number of hydrogen-bond acceptors (Lipinski definition) is 7. The highest BCUT2D eigenvalue weighted by atomic mass is 32.1. The second-order valence-electron chi connectivity index (χ2n) is 9.11. The van der Waals surface area contributed by atoms with Crippen LogP contribution >= 0.6 is 11.3 Å². The molecule has 0 saturated carbocycles. The van der Waals surface area contributed by atoms with Gasteiger partial charge < -0.3 is 10.3 Å². The number of pyridine rings is 3. The van der Waals surface area contributed by atoms with Crippen molar-refractivity contribution < 1.29 is 4.39 Å². The van der Waals surface area contributed by atoms with Gasteiger partial charge in [-0.15, -0.1) is 11.3 Å². The number of imidazole rings is 1. The number of fused-ring (bicyclic) bond motifs is 2. The highest BCUT2D eigenvalue weighted by molar-refractivity contribution is 7.14. The lowest BCUT2D eigenvalue weighted by Crippen LogP contribution is -2.12. The Morgan fingerprint density at radius 3 is 2.54 bits per heavy atom. The number of benzene rings is 1. The van der Waals surface area contributed by atoms with Gasteiger partial charge in [-0.3, -0.25) is 15.1 Å². The van der Waals surface area contributed by atoms with Crippen LogP contribution in [0, 0.1) is 5.13 Å². The van der Waals surface area contributed by atoms with E-state index in [0.29, 0.717) is 29.1 Å². The number of hydrogen-bond donors (Lipinski definition) is 3. The molecule has 0 bridgehead atoms. The quantitative estimate of drug-likeness (QED) is 0.228. The van der Waals surface area contributed by atoms with Crippen molar-refractivity contribution in [3.63, 3.8) is 0 Å². The molecule has 7 aromatic rings. The van der Waals surface area contributed by atoms with E-state index in [-0.39, 0.29) is 5.13 Å². The third kappa shape index (κ3) is 4.56. The van der Waals surface area contributed by atoms with Gasteiger partial charge in [-0.1, -0.05) is 30.3 Å². The summed E-state index contributed by atoms with van der Waals surface area (Å²) in [5, 5.41) is 10.8. The number of rotatable bonds is 7. The summed E-state index contributed by atoms with van der Waals surface area (Å²) in [7, 11) is 0. The largest absolute Gasteiger partial charge is 0.335 e. The minimum absolute atomic E-state index is 0.252. The van der Waals surface area contributed by atoms with Crippen LogP contribution in [0.2, 0.25) is 0 Å². The van der Waals surface area contributed by atoms with Gasteiger partial charge in [0.25, 0.3) is 0 Å². The van der Waals surface area contributed by atoms with Crippen LogP contribution in [0.1, 0.15) is 11.1 Å². The van der Waals surface area contributed by atoms with Gasteiger partial charge in [-0.2, -0.15) is 9.49 Å². The summed E-state index contributed by atoms with van der Waals surface area (Å²) in [6.07, 6.45) is 7.08. The first kappa shape index (κ1) is 23.3. The first-order chi connectivity index (χ1) is 19.2. The Kier molecular flexibility index (Phi) is 5.87. The third-order valence-electron chi connectivity index (χ3n) is 6.46. The molecule has 6 heterocycles. The van der Waals surface area contributed by atoms with E-state index in [1.807, 2.05) is 42.7 Å². The molecule has 6 aromatic heterocycles. The number of H-pyrrole nitrogens is 2. The Hall–Kier alpha value is -4.80. The number of aromatic amines is 2. The van der Waals surface area contributed by atoms with E-state index in [2.05, 4.69) is 48.7 Å². The van der Waals surface area contributed by atoms with Gasteiger partial charge in [-0.25, -0.2) is 9.97 Å². The first-order valence-corrected chi connectivity index (χ1v) is 13.2. The summed E-state index contributed by atoms with van der Waals surface area (Å²) >= 11 is 1.06. The molecule has 7 rings (SSSR count). The molecule has 0 radical (unpaired) electrons. The van der Waals surface area contributed by atoms with Crippen molar-refractivity contribution in [2.45, 2.75) is 13.1 Å². The Morgan fingerprint density at radius 1 is 0.795 bits per heavy atom. The molecule has 0 fully saturated rings. The molecule has 0 atom stereocenters. The third-order valence-corrected chi connectivity index (χ3v) is 7.36. The molecule has 39 heavy (non-hydrogen) atoms. The van der Waals surface area contributed by atoms with Gasteiger partial charge in [0.1, 0.15) is 11.0 Å². The lowest BCUT2D eigenvalue weighted by Gasteiger charge is -2.07. The SMILES string of the molecule is Fc1ccc(-c2cncc3[nH]c(-c4n[nH]c5ccc(-c6cncc(CNCc7ccccc7)c6)nc45)nc23)s1. The normalized spacial score (nSPS) is 11.5. The van der Waals surface area contributed by atoms with Crippen molar-refractivity contribution in [3.05, 3.63) is 102 Å². The standard InChI is InChI=1S/C29H21FN8S/c30-25-9-8-24(39-25)20-15-33-16-23-26(20)36-29(35-23)28-27-22(37-38-28)7-6-21(34-27)19-10-18(13-32-14-19)12-31-11-17-4-2-1-3-5-17/h1-10,13-16,31H,11-12H2,(H,35,36)(H,37,38). The predicted molar refractivity (Wildman–Crippen MR) is 150 cm³/mol. The molecule has 190 valence electrons. The number of thiophene rings is 1. The molecule has 0 aliphatic heterocycles. The molecule has 8 nitrogen and oxygen atoms in total. The minimum Gasteiger partial charge on any atom is -0.335 e. The molecular formula is C29H21FN8S. The van der Waals surface area contributed by atoms with Gasteiger partial charge in [0.2, 0.25) is 0 Å². The Bertz CT molecular complexity index is 1920. The maximum absolute atomic E-state index is 13.7. The average Bonchev–Trinajstić information content (AvgIpc) is 3.71. The first-order valence-electron chi connectivity index (χ1n) is 12.3. The summed E-state index contributed by atoms with van der Waals surface area (Å²) in [5.74, 6) is 0.559. The molecule has 1 aromatic carbocycles. The smallest absolute Gasteiger partial charge is 0.176 e. The predicted octanol–water partition coefficient (Wildman–Crippen LogP) is 6.12. The zero-order valence-electron chi connectivity index (χ0n) is 20.5. The van der Waals surface area contributed by atoms with Gasteiger partial charge in [0, 0.05) is 47.7 Å². The van der Waals surface area contributed by atoms with Crippen LogP contribution < -0.4 is 5.32 Å². The topological polar surface area (TPSA) is 108 Å². The number of nitrogens with zero attached hydrogens (tertiary/aromatic N) is 5. The lowest BCUT2D eigenvalue weighted by atomic mass is 10.1. The molecule has 3 N–H and O–H groups in total. The fraction of sp³-hybridized carbons (Fsp3) is 0.0690. The van der Waals surface area contributed by atoms with Crippen LogP contribution in [0.5, 0.6) is 0 Å². The summed E-state index contributed by atoms with van der Waals surface area (Å²) in [5.41, 5.74) is 8.29. The zero-order chi connectivity index (χ0) is 26.2. The monoisotopic (exact) mass is 532 g/mol. The van der Waals surface area contributed by atoms with Crippen molar-refractivity contribution >= 4 is 33.4 Å². The van der Waals surface area contributed by atoms with Crippen LogP contribution in [-0.4, -0.2) is 35.1 Å².